The van der Waals surface area contributed by atoms with Gasteiger partial charge in [0, 0.05) is 11.8 Å². The highest BCUT2D eigenvalue weighted by Crippen LogP contribution is 2.31. The van der Waals surface area contributed by atoms with Crippen molar-refractivity contribution in [1.29, 1.82) is 0 Å². The molecular weight excluding hydrogens is 274 g/mol. The first kappa shape index (κ1) is 14.9. The summed E-state index contributed by atoms with van der Waals surface area (Å²) >= 11 is 0. The molecule has 0 unspecified atom stereocenters. The minimum absolute atomic E-state index is 0.0113. The molecule has 0 atom stereocenters. The number of hydrogen-bond acceptors (Lipinski definition) is 5. The number of benzene rings is 1. The maximum Gasteiger partial charge on any atom is 0.325 e. The van der Waals surface area contributed by atoms with Gasteiger partial charge < -0.3 is 18.8 Å². The summed E-state index contributed by atoms with van der Waals surface area (Å²) in [5, 5.41) is 0.381. The third-order valence-electron chi connectivity index (χ3n) is 3.34. The van der Waals surface area contributed by atoms with Crippen LogP contribution in [0.3, 0.4) is 0 Å². The predicted octanol–water partition coefficient (Wildman–Crippen LogP) is 1.50. The van der Waals surface area contributed by atoms with Gasteiger partial charge in [-0.15, -0.1) is 0 Å². The zero-order valence-electron chi connectivity index (χ0n) is 12.4. The van der Waals surface area contributed by atoms with Crippen LogP contribution in [0.4, 0.5) is 0 Å². The minimum Gasteiger partial charge on any atom is -0.496 e. The Bertz CT molecular complexity index is 748. The summed E-state index contributed by atoms with van der Waals surface area (Å²) in [6.45, 7) is 1.74. The monoisotopic (exact) mass is 291 g/mol. The molecule has 2 aromatic rings. The number of nitrogens with zero attached hydrogens (tertiary/aromatic N) is 1. The molecule has 0 bridgehead atoms. The number of aryl methyl sites for hydroxylation is 1. The molecule has 1 heterocycles. The molecule has 1 aromatic heterocycles. The summed E-state index contributed by atoms with van der Waals surface area (Å²) in [6.07, 6.45) is 0. The Labute approximate surface area is 121 Å². The van der Waals surface area contributed by atoms with E-state index in [1.54, 1.807) is 23.6 Å². The lowest BCUT2D eigenvalue weighted by Gasteiger charge is -2.17. The largest absolute Gasteiger partial charge is 0.496 e. The first-order chi connectivity index (χ1) is 10.0. The normalized spacial score (nSPS) is 10.5. The molecule has 0 fully saturated rings. The number of fused-ring (bicyclic) bond motifs is 1. The molecule has 6 heteroatoms. The van der Waals surface area contributed by atoms with E-state index in [1.807, 2.05) is 0 Å². The molecule has 0 radical (unpaired) electrons. The van der Waals surface area contributed by atoms with Gasteiger partial charge in [0.1, 0.15) is 18.0 Å². The van der Waals surface area contributed by atoms with Crippen molar-refractivity contribution >= 4 is 16.9 Å². The molecule has 112 valence electrons. The Morgan fingerprint density at radius 2 is 1.76 bits per heavy atom. The van der Waals surface area contributed by atoms with Crippen molar-refractivity contribution in [2.45, 2.75) is 13.5 Å². The minimum atomic E-state index is -0.409. The molecule has 0 aliphatic carbocycles. The van der Waals surface area contributed by atoms with E-state index in [9.17, 15) is 9.59 Å². The van der Waals surface area contributed by atoms with Gasteiger partial charge in [-0.2, -0.15) is 0 Å². The fraction of sp³-hybridized carbons (Fsp3) is 0.333. The van der Waals surface area contributed by atoms with Crippen molar-refractivity contribution in [3.05, 3.63) is 34.1 Å². The summed E-state index contributed by atoms with van der Waals surface area (Å²) in [5.74, 6) is 0.526. The van der Waals surface area contributed by atoms with E-state index in [2.05, 4.69) is 0 Å². The van der Waals surface area contributed by atoms with E-state index in [0.717, 1.165) is 0 Å². The van der Waals surface area contributed by atoms with Gasteiger partial charge in [-0.1, -0.05) is 0 Å². The van der Waals surface area contributed by atoms with Crippen LogP contribution in [-0.4, -0.2) is 31.9 Å². The number of carbonyl (C=O) groups is 1. The van der Waals surface area contributed by atoms with Crippen molar-refractivity contribution in [2.75, 3.05) is 21.3 Å². The number of esters is 1. The third kappa shape index (κ3) is 2.56. The van der Waals surface area contributed by atoms with Gasteiger partial charge in [-0.25, -0.2) is 0 Å². The average molecular weight is 291 g/mol. The number of rotatable bonds is 4. The smallest absolute Gasteiger partial charge is 0.325 e. The highest BCUT2D eigenvalue weighted by molar-refractivity contribution is 5.91. The van der Waals surface area contributed by atoms with Gasteiger partial charge in [-0.3, -0.25) is 9.59 Å². The molecule has 0 N–H and O–H groups in total. The number of hydrogen-bond donors (Lipinski definition) is 0. The van der Waals surface area contributed by atoms with E-state index in [1.165, 1.54) is 27.4 Å². The number of methoxy groups -OCH3 is 3. The van der Waals surface area contributed by atoms with Gasteiger partial charge in [0.05, 0.1) is 32.2 Å². The Hall–Kier alpha value is -2.50. The standard InChI is InChI=1S/C15H17NO5/c1-9-7-10(17)14-11(19-2)5-6-12(20-3)15(14)16(9)8-13(18)21-4/h5-7H,8H2,1-4H3. The highest BCUT2D eigenvalue weighted by atomic mass is 16.5. The van der Waals surface area contributed by atoms with Crippen LogP contribution >= 0.6 is 0 Å². The lowest BCUT2D eigenvalue weighted by Crippen LogP contribution is -2.19. The van der Waals surface area contributed by atoms with Crippen molar-refractivity contribution in [1.82, 2.24) is 4.57 Å². The lowest BCUT2D eigenvalue weighted by molar-refractivity contribution is -0.141. The summed E-state index contributed by atoms with van der Waals surface area (Å²) in [5.41, 5.74) is 0.982. The van der Waals surface area contributed by atoms with Crippen LogP contribution in [0.1, 0.15) is 5.69 Å². The fourth-order valence-electron chi connectivity index (χ4n) is 2.31. The molecule has 2 rings (SSSR count). The molecule has 0 aliphatic rings. The van der Waals surface area contributed by atoms with E-state index >= 15 is 0 Å². The van der Waals surface area contributed by atoms with E-state index < -0.39 is 5.97 Å². The Morgan fingerprint density at radius 1 is 1.14 bits per heavy atom. The van der Waals surface area contributed by atoms with Crippen LogP contribution in [0.5, 0.6) is 11.5 Å². The Kier molecular flexibility index (Phi) is 4.16. The molecule has 0 aliphatic heterocycles. The number of ether oxygens (including phenoxy) is 3. The number of carbonyl (C=O) groups excluding carboxylic acids is 1. The third-order valence-corrected chi connectivity index (χ3v) is 3.34. The SMILES string of the molecule is COC(=O)Cn1c(C)cc(=O)c2c(OC)ccc(OC)c21. The predicted molar refractivity (Wildman–Crippen MR) is 78.1 cm³/mol. The second-order valence-corrected chi connectivity index (χ2v) is 4.51. The average Bonchev–Trinajstić information content (AvgIpc) is 2.49. The van der Waals surface area contributed by atoms with Crippen LogP contribution in [0.2, 0.25) is 0 Å². The van der Waals surface area contributed by atoms with Crippen LogP contribution in [-0.2, 0) is 16.1 Å². The van der Waals surface area contributed by atoms with Crippen molar-refractivity contribution in [3.63, 3.8) is 0 Å². The van der Waals surface area contributed by atoms with Crippen molar-refractivity contribution in [3.8, 4) is 11.5 Å². The second-order valence-electron chi connectivity index (χ2n) is 4.51. The second kappa shape index (κ2) is 5.87. The highest BCUT2D eigenvalue weighted by Gasteiger charge is 2.17. The summed E-state index contributed by atoms with van der Waals surface area (Å²) in [6, 6.07) is 4.83. The Morgan fingerprint density at radius 3 is 2.33 bits per heavy atom. The molecule has 0 amide bonds. The molecule has 6 nitrogen and oxygen atoms in total. The topological polar surface area (TPSA) is 66.8 Å². The quantitative estimate of drug-likeness (QED) is 0.799. The summed E-state index contributed by atoms with van der Waals surface area (Å²) in [7, 11) is 4.32. The van der Waals surface area contributed by atoms with Gasteiger partial charge >= 0.3 is 5.97 Å². The maximum absolute atomic E-state index is 12.3. The first-order valence-corrected chi connectivity index (χ1v) is 6.35. The summed E-state index contributed by atoms with van der Waals surface area (Å²) < 4.78 is 17.0. The van der Waals surface area contributed by atoms with Crippen molar-refractivity contribution in [2.24, 2.45) is 0 Å². The molecule has 0 saturated heterocycles. The molecule has 0 saturated carbocycles. The van der Waals surface area contributed by atoms with Crippen molar-refractivity contribution < 1.29 is 19.0 Å². The fourth-order valence-corrected chi connectivity index (χ4v) is 2.31. The molecular formula is C15H17NO5. The van der Waals surface area contributed by atoms with Gasteiger partial charge in [0.25, 0.3) is 0 Å². The lowest BCUT2D eigenvalue weighted by atomic mass is 10.1. The molecule has 1 aromatic carbocycles. The van der Waals surface area contributed by atoms with Crippen LogP contribution < -0.4 is 14.9 Å². The van der Waals surface area contributed by atoms with E-state index in [-0.39, 0.29) is 12.0 Å². The summed E-state index contributed by atoms with van der Waals surface area (Å²) in [4.78, 5) is 23.9. The van der Waals surface area contributed by atoms with Gasteiger partial charge in [0.15, 0.2) is 5.43 Å². The maximum atomic E-state index is 12.3. The zero-order valence-corrected chi connectivity index (χ0v) is 12.4. The first-order valence-electron chi connectivity index (χ1n) is 6.35. The van der Waals surface area contributed by atoms with Crippen LogP contribution in [0, 0.1) is 6.92 Å². The van der Waals surface area contributed by atoms with E-state index in [4.69, 9.17) is 14.2 Å². The van der Waals surface area contributed by atoms with Gasteiger partial charge in [-0.05, 0) is 19.1 Å². The van der Waals surface area contributed by atoms with Crippen LogP contribution in [0.25, 0.3) is 10.9 Å². The van der Waals surface area contributed by atoms with Crippen LogP contribution in [0.15, 0.2) is 23.0 Å². The van der Waals surface area contributed by atoms with E-state index in [0.29, 0.717) is 28.1 Å². The number of aromatic nitrogens is 1. The molecule has 21 heavy (non-hydrogen) atoms. The molecule has 0 spiro atoms. The van der Waals surface area contributed by atoms with Gasteiger partial charge in [0.2, 0.25) is 0 Å². The Balaban J connectivity index is 2.89. The zero-order chi connectivity index (χ0) is 15.6. The number of pyridine rings is 1.